The Balaban J connectivity index is 1.74. The topological polar surface area (TPSA) is 25.2 Å². The first-order chi connectivity index (χ1) is 8.02. The molecule has 2 nitrogen and oxygen atoms in total. The fraction of sp³-hybridized carbons (Fsp3) is 0.733. The van der Waals surface area contributed by atoms with E-state index in [2.05, 4.69) is 32.2 Å². The van der Waals surface area contributed by atoms with Gasteiger partial charge in [-0.3, -0.25) is 0 Å². The fourth-order valence-corrected chi connectivity index (χ4v) is 4.43. The quantitative estimate of drug-likeness (QED) is 0.863. The van der Waals surface area contributed by atoms with Gasteiger partial charge in [0.1, 0.15) is 5.76 Å². The zero-order valence-electron chi connectivity index (χ0n) is 11.1. The van der Waals surface area contributed by atoms with E-state index in [1.165, 1.54) is 19.3 Å². The molecular weight excluding hydrogens is 210 g/mol. The minimum Gasteiger partial charge on any atom is -0.468 e. The van der Waals surface area contributed by atoms with Crippen LogP contribution in [0, 0.1) is 16.7 Å². The van der Waals surface area contributed by atoms with Crippen LogP contribution in [0.2, 0.25) is 0 Å². The molecule has 0 amide bonds. The number of hydrogen-bond acceptors (Lipinski definition) is 2. The van der Waals surface area contributed by atoms with E-state index in [0.29, 0.717) is 16.9 Å². The van der Waals surface area contributed by atoms with Gasteiger partial charge in [0.25, 0.3) is 0 Å². The Bertz CT molecular complexity index is 390. The van der Waals surface area contributed by atoms with Crippen LogP contribution >= 0.6 is 0 Å². The first-order valence-electron chi connectivity index (χ1n) is 6.78. The van der Waals surface area contributed by atoms with Crippen LogP contribution in [0.15, 0.2) is 22.8 Å². The molecule has 0 spiro atoms. The Morgan fingerprint density at radius 1 is 1.41 bits per heavy atom. The Morgan fingerprint density at radius 2 is 2.24 bits per heavy atom. The molecule has 0 saturated heterocycles. The molecule has 17 heavy (non-hydrogen) atoms. The van der Waals surface area contributed by atoms with Gasteiger partial charge in [-0.1, -0.05) is 20.8 Å². The summed E-state index contributed by atoms with van der Waals surface area (Å²) in [5.74, 6) is 1.95. The molecule has 2 fully saturated rings. The van der Waals surface area contributed by atoms with E-state index < -0.39 is 0 Å². The number of furan rings is 1. The molecule has 0 aliphatic heterocycles. The van der Waals surface area contributed by atoms with E-state index in [-0.39, 0.29) is 0 Å². The van der Waals surface area contributed by atoms with Crippen molar-refractivity contribution in [1.29, 1.82) is 0 Å². The van der Waals surface area contributed by atoms with Gasteiger partial charge in [-0.05, 0) is 48.1 Å². The highest BCUT2D eigenvalue weighted by Crippen LogP contribution is 2.62. The van der Waals surface area contributed by atoms with Gasteiger partial charge in [-0.15, -0.1) is 0 Å². The Labute approximate surface area is 104 Å². The summed E-state index contributed by atoms with van der Waals surface area (Å²) in [7, 11) is 0. The van der Waals surface area contributed by atoms with Crippen molar-refractivity contribution in [1.82, 2.24) is 5.32 Å². The lowest BCUT2D eigenvalue weighted by molar-refractivity contribution is 0.106. The molecule has 3 rings (SSSR count). The van der Waals surface area contributed by atoms with Crippen LogP contribution in [-0.4, -0.2) is 6.04 Å². The zero-order valence-corrected chi connectivity index (χ0v) is 11.1. The largest absolute Gasteiger partial charge is 0.468 e. The minimum absolute atomic E-state index is 0.430. The molecule has 0 radical (unpaired) electrons. The molecule has 3 atom stereocenters. The lowest BCUT2D eigenvalue weighted by Gasteiger charge is -2.43. The highest BCUT2D eigenvalue weighted by molar-refractivity contribution is 5.12. The maximum atomic E-state index is 5.41. The third-order valence-electron chi connectivity index (χ3n) is 5.33. The molecule has 94 valence electrons. The van der Waals surface area contributed by atoms with Crippen molar-refractivity contribution < 1.29 is 4.42 Å². The summed E-state index contributed by atoms with van der Waals surface area (Å²) in [6.45, 7) is 8.19. The summed E-state index contributed by atoms with van der Waals surface area (Å²) in [6.07, 6.45) is 5.96. The van der Waals surface area contributed by atoms with Gasteiger partial charge in [0.05, 0.1) is 12.8 Å². The molecule has 1 aromatic heterocycles. The van der Waals surface area contributed by atoms with Crippen molar-refractivity contribution in [3.8, 4) is 0 Å². The van der Waals surface area contributed by atoms with Crippen LogP contribution in [0.25, 0.3) is 0 Å². The maximum Gasteiger partial charge on any atom is 0.117 e. The molecule has 2 aliphatic rings. The first-order valence-corrected chi connectivity index (χ1v) is 6.78. The third-order valence-corrected chi connectivity index (χ3v) is 5.33. The summed E-state index contributed by atoms with van der Waals surface area (Å²) < 4.78 is 5.41. The Kier molecular flexibility index (Phi) is 2.41. The highest BCUT2D eigenvalue weighted by atomic mass is 16.3. The summed E-state index contributed by atoms with van der Waals surface area (Å²) in [5, 5.41) is 3.75. The van der Waals surface area contributed by atoms with Gasteiger partial charge in [-0.25, -0.2) is 0 Å². The van der Waals surface area contributed by atoms with Crippen molar-refractivity contribution in [3.63, 3.8) is 0 Å². The molecule has 2 heteroatoms. The maximum absolute atomic E-state index is 5.41. The monoisotopic (exact) mass is 233 g/mol. The van der Waals surface area contributed by atoms with E-state index in [9.17, 15) is 0 Å². The first kappa shape index (κ1) is 11.3. The average Bonchev–Trinajstić information content (AvgIpc) is 2.90. The number of hydrogen-bond donors (Lipinski definition) is 1. The van der Waals surface area contributed by atoms with Crippen LogP contribution < -0.4 is 5.32 Å². The van der Waals surface area contributed by atoms with Crippen LogP contribution in [0.4, 0.5) is 0 Å². The molecule has 2 saturated carbocycles. The summed E-state index contributed by atoms with van der Waals surface area (Å²) in [6, 6.07) is 4.64. The third kappa shape index (κ3) is 1.65. The van der Waals surface area contributed by atoms with E-state index in [4.69, 9.17) is 4.42 Å². The Hall–Kier alpha value is -0.760. The van der Waals surface area contributed by atoms with E-state index >= 15 is 0 Å². The normalized spacial score (nSPS) is 38.8. The highest BCUT2D eigenvalue weighted by Gasteiger charge is 2.58. The molecular formula is C15H23NO. The molecule has 2 aliphatic carbocycles. The summed E-state index contributed by atoms with van der Waals surface area (Å²) in [4.78, 5) is 0. The SMILES string of the molecule is CC1(C)C(NCc2ccco2)[C@]2(C)CC[C@H]1C2. The van der Waals surface area contributed by atoms with Crippen LogP contribution in [0.5, 0.6) is 0 Å². The number of nitrogens with one attached hydrogen (secondary N) is 1. The standard InChI is InChI=1S/C15H23NO/c1-14(2)11-6-7-15(3,9-11)13(14)16-10-12-5-4-8-17-12/h4-5,8,11,13,16H,6-7,9-10H2,1-3H3/t11-,13?,15+/m0/s1. The van der Waals surface area contributed by atoms with Gasteiger partial charge >= 0.3 is 0 Å². The minimum atomic E-state index is 0.430. The lowest BCUT2D eigenvalue weighted by atomic mass is 9.68. The van der Waals surface area contributed by atoms with Gasteiger partial charge in [0.15, 0.2) is 0 Å². The van der Waals surface area contributed by atoms with Gasteiger partial charge in [0.2, 0.25) is 0 Å². The van der Waals surface area contributed by atoms with E-state index in [1.54, 1.807) is 6.26 Å². The molecule has 1 unspecified atom stereocenters. The summed E-state index contributed by atoms with van der Waals surface area (Å²) in [5.41, 5.74) is 0.931. The van der Waals surface area contributed by atoms with Crippen molar-refractivity contribution in [2.45, 2.75) is 52.6 Å². The van der Waals surface area contributed by atoms with Crippen LogP contribution in [-0.2, 0) is 6.54 Å². The van der Waals surface area contributed by atoms with Crippen molar-refractivity contribution >= 4 is 0 Å². The molecule has 2 bridgehead atoms. The number of fused-ring (bicyclic) bond motifs is 2. The smallest absolute Gasteiger partial charge is 0.117 e. The second-order valence-corrected chi connectivity index (χ2v) is 6.81. The molecule has 1 N–H and O–H groups in total. The van der Waals surface area contributed by atoms with Crippen molar-refractivity contribution in [2.75, 3.05) is 0 Å². The van der Waals surface area contributed by atoms with Crippen LogP contribution in [0.1, 0.15) is 45.8 Å². The molecule has 1 heterocycles. The lowest BCUT2D eigenvalue weighted by Crippen LogP contribution is -2.49. The zero-order chi connectivity index (χ0) is 12.1. The predicted octanol–water partition coefficient (Wildman–Crippen LogP) is 3.58. The number of rotatable bonds is 3. The Morgan fingerprint density at radius 3 is 2.82 bits per heavy atom. The second-order valence-electron chi connectivity index (χ2n) is 6.81. The predicted molar refractivity (Wildman–Crippen MR) is 68.6 cm³/mol. The molecule has 0 aromatic carbocycles. The fourth-order valence-electron chi connectivity index (χ4n) is 4.43. The summed E-state index contributed by atoms with van der Waals surface area (Å²) >= 11 is 0. The van der Waals surface area contributed by atoms with Crippen molar-refractivity contribution in [2.24, 2.45) is 16.7 Å². The van der Waals surface area contributed by atoms with Gasteiger partial charge in [-0.2, -0.15) is 0 Å². The van der Waals surface area contributed by atoms with Gasteiger partial charge < -0.3 is 9.73 Å². The van der Waals surface area contributed by atoms with Crippen molar-refractivity contribution in [3.05, 3.63) is 24.2 Å². The molecule has 1 aromatic rings. The van der Waals surface area contributed by atoms with E-state index in [0.717, 1.165) is 18.2 Å². The van der Waals surface area contributed by atoms with Crippen LogP contribution in [0.3, 0.4) is 0 Å². The van der Waals surface area contributed by atoms with Gasteiger partial charge in [0, 0.05) is 6.04 Å². The van der Waals surface area contributed by atoms with E-state index in [1.807, 2.05) is 6.07 Å². The second kappa shape index (κ2) is 3.61. The average molecular weight is 233 g/mol.